The number of rotatable bonds is 4. The smallest absolute Gasteiger partial charge is 0.237 e. The fourth-order valence-electron chi connectivity index (χ4n) is 2.51. The summed E-state index contributed by atoms with van der Waals surface area (Å²) in [6.07, 6.45) is 3.21. The average Bonchev–Trinajstić information content (AvgIpc) is 3.07. The quantitative estimate of drug-likeness (QED) is 0.793. The first-order chi connectivity index (χ1) is 9.72. The normalized spacial score (nSPS) is 19.4. The molecule has 2 aromatic rings. The van der Waals surface area contributed by atoms with Crippen LogP contribution in [0.15, 0.2) is 23.2 Å². The Morgan fingerprint density at radius 1 is 1.65 bits per heavy atom. The number of carbonyl (C=O) groups is 1. The van der Waals surface area contributed by atoms with E-state index < -0.39 is 0 Å². The predicted molar refractivity (Wildman–Crippen MR) is 78.5 cm³/mol. The third kappa shape index (κ3) is 2.91. The number of imidazole rings is 1. The molecule has 3 heterocycles. The minimum Gasteiger partial charge on any atom is -0.352 e. The van der Waals surface area contributed by atoms with Gasteiger partial charge in [-0.2, -0.15) is 11.3 Å². The van der Waals surface area contributed by atoms with Crippen LogP contribution < -0.4 is 10.6 Å². The second kappa shape index (κ2) is 5.76. The zero-order valence-corrected chi connectivity index (χ0v) is 12.2. The number of H-pyrrole nitrogens is 1. The van der Waals surface area contributed by atoms with Crippen LogP contribution >= 0.6 is 11.3 Å². The van der Waals surface area contributed by atoms with Gasteiger partial charge in [0.05, 0.1) is 23.8 Å². The van der Waals surface area contributed by atoms with Crippen molar-refractivity contribution in [3.63, 3.8) is 0 Å². The molecule has 0 saturated heterocycles. The highest BCUT2D eigenvalue weighted by Gasteiger charge is 2.26. The first-order valence-corrected chi connectivity index (χ1v) is 7.72. The number of thiophene rings is 1. The number of hydrogen-bond donors (Lipinski definition) is 3. The summed E-state index contributed by atoms with van der Waals surface area (Å²) in [6, 6.07) is 2.05. The van der Waals surface area contributed by atoms with Crippen LogP contribution in [0.1, 0.15) is 23.9 Å². The van der Waals surface area contributed by atoms with E-state index in [1.807, 2.05) is 6.92 Å². The second-order valence-corrected chi connectivity index (χ2v) is 5.99. The van der Waals surface area contributed by atoms with Crippen molar-refractivity contribution >= 4 is 17.2 Å². The van der Waals surface area contributed by atoms with E-state index in [-0.39, 0.29) is 18.0 Å². The molecule has 6 heteroatoms. The van der Waals surface area contributed by atoms with Crippen LogP contribution in [0.3, 0.4) is 0 Å². The van der Waals surface area contributed by atoms with E-state index in [1.54, 1.807) is 17.7 Å². The molecule has 2 aromatic heterocycles. The van der Waals surface area contributed by atoms with E-state index in [4.69, 9.17) is 0 Å². The van der Waals surface area contributed by atoms with Gasteiger partial charge in [-0.05, 0) is 35.7 Å². The molecular weight excluding hydrogens is 272 g/mol. The maximum Gasteiger partial charge on any atom is 0.237 e. The van der Waals surface area contributed by atoms with E-state index >= 15 is 0 Å². The number of amides is 1. The molecule has 1 aliphatic rings. The molecule has 1 aliphatic heterocycles. The summed E-state index contributed by atoms with van der Waals surface area (Å²) in [5.41, 5.74) is 3.35. The standard InChI is InChI=1S/C14H18N4OS/c1-9(4-10-2-3-20-7-10)18-14(19)12-5-11-13(6-15-12)17-8-16-11/h2-3,7-9,12,15H,4-6H2,1H3,(H,16,17)(H,18,19). The van der Waals surface area contributed by atoms with Crippen molar-refractivity contribution in [1.29, 1.82) is 0 Å². The summed E-state index contributed by atoms with van der Waals surface area (Å²) < 4.78 is 0. The lowest BCUT2D eigenvalue weighted by molar-refractivity contribution is -0.123. The Kier molecular flexibility index (Phi) is 3.84. The first-order valence-electron chi connectivity index (χ1n) is 6.78. The van der Waals surface area contributed by atoms with Crippen molar-refractivity contribution in [2.24, 2.45) is 0 Å². The zero-order valence-electron chi connectivity index (χ0n) is 11.3. The zero-order chi connectivity index (χ0) is 13.9. The summed E-state index contributed by atoms with van der Waals surface area (Å²) in [5, 5.41) is 10.5. The molecule has 1 amide bonds. The fraction of sp³-hybridized carbons (Fsp3) is 0.429. The van der Waals surface area contributed by atoms with Crippen molar-refractivity contribution in [3.8, 4) is 0 Å². The van der Waals surface area contributed by atoms with Crippen LogP contribution in [0.25, 0.3) is 0 Å². The van der Waals surface area contributed by atoms with E-state index in [0.717, 1.165) is 17.8 Å². The number of hydrogen-bond acceptors (Lipinski definition) is 4. The van der Waals surface area contributed by atoms with Crippen LogP contribution in [0.2, 0.25) is 0 Å². The van der Waals surface area contributed by atoms with Crippen molar-refractivity contribution in [1.82, 2.24) is 20.6 Å². The molecule has 0 fully saturated rings. The SMILES string of the molecule is CC(Cc1ccsc1)NC(=O)C1Cc2nc[nH]c2CN1. The molecule has 0 bridgehead atoms. The van der Waals surface area contributed by atoms with Gasteiger partial charge in [-0.1, -0.05) is 0 Å². The number of fused-ring (bicyclic) bond motifs is 1. The van der Waals surface area contributed by atoms with Gasteiger partial charge < -0.3 is 10.3 Å². The lowest BCUT2D eigenvalue weighted by Crippen LogP contribution is -2.50. The highest BCUT2D eigenvalue weighted by Crippen LogP contribution is 2.13. The minimum atomic E-state index is -0.185. The van der Waals surface area contributed by atoms with Crippen molar-refractivity contribution < 1.29 is 4.79 Å². The van der Waals surface area contributed by atoms with Gasteiger partial charge in [-0.25, -0.2) is 4.98 Å². The molecule has 0 spiro atoms. The topological polar surface area (TPSA) is 69.8 Å². The van der Waals surface area contributed by atoms with E-state index in [0.29, 0.717) is 13.0 Å². The van der Waals surface area contributed by atoms with Gasteiger partial charge in [-0.15, -0.1) is 0 Å². The molecule has 5 nitrogen and oxygen atoms in total. The molecule has 0 radical (unpaired) electrons. The fourth-order valence-corrected chi connectivity index (χ4v) is 3.19. The summed E-state index contributed by atoms with van der Waals surface area (Å²) in [7, 11) is 0. The lowest BCUT2D eigenvalue weighted by Gasteiger charge is -2.24. The van der Waals surface area contributed by atoms with Crippen molar-refractivity contribution in [2.45, 2.75) is 38.4 Å². The number of carbonyl (C=O) groups excluding carboxylic acids is 1. The monoisotopic (exact) mass is 290 g/mol. The summed E-state index contributed by atoms with van der Waals surface area (Å²) >= 11 is 1.69. The van der Waals surface area contributed by atoms with Crippen molar-refractivity contribution in [3.05, 3.63) is 40.1 Å². The number of aromatic nitrogens is 2. The van der Waals surface area contributed by atoms with Gasteiger partial charge in [0, 0.05) is 19.0 Å². The molecule has 2 unspecified atom stereocenters. The van der Waals surface area contributed by atoms with Gasteiger partial charge in [0.25, 0.3) is 0 Å². The molecule has 20 heavy (non-hydrogen) atoms. The van der Waals surface area contributed by atoms with Crippen LogP contribution in [0.5, 0.6) is 0 Å². The average molecular weight is 290 g/mol. The first kappa shape index (κ1) is 13.3. The Morgan fingerprint density at radius 3 is 3.35 bits per heavy atom. The Balaban J connectivity index is 1.54. The van der Waals surface area contributed by atoms with Crippen LogP contribution in [0, 0.1) is 0 Å². The number of aromatic amines is 1. The third-order valence-electron chi connectivity index (χ3n) is 3.56. The Morgan fingerprint density at radius 2 is 2.55 bits per heavy atom. The van der Waals surface area contributed by atoms with Crippen molar-refractivity contribution in [2.75, 3.05) is 0 Å². The number of nitrogens with one attached hydrogen (secondary N) is 3. The molecule has 0 aliphatic carbocycles. The minimum absolute atomic E-state index is 0.0568. The predicted octanol–water partition coefficient (Wildman–Crippen LogP) is 1.23. The highest BCUT2D eigenvalue weighted by atomic mass is 32.1. The summed E-state index contributed by atoms with van der Waals surface area (Å²) in [4.78, 5) is 19.6. The van der Waals surface area contributed by atoms with Crippen LogP contribution in [0.4, 0.5) is 0 Å². The highest BCUT2D eigenvalue weighted by molar-refractivity contribution is 7.07. The Hall–Kier alpha value is -1.66. The van der Waals surface area contributed by atoms with E-state index in [9.17, 15) is 4.79 Å². The Bertz CT molecular complexity index is 578. The third-order valence-corrected chi connectivity index (χ3v) is 4.29. The largest absolute Gasteiger partial charge is 0.352 e. The molecule has 3 rings (SSSR count). The van der Waals surface area contributed by atoms with E-state index in [2.05, 4.69) is 37.4 Å². The van der Waals surface area contributed by atoms with Crippen LogP contribution in [-0.2, 0) is 24.2 Å². The number of nitrogens with zero attached hydrogens (tertiary/aromatic N) is 1. The molecule has 3 N–H and O–H groups in total. The molecule has 0 saturated carbocycles. The molecular formula is C14H18N4OS. The maximum atomic E-state index is 12.3. The van der Waals surface area contributed by atoms with E-state index in [1.165, 1.54) is 5.56 Å². The Labute approximate surface area is 121 Å². The summed E-state index contributed by atoms with van der Waals surface area (Å²) in [5.74, 6) is 0.0568. The summed E-state index contributed by atoms with van der Waals surface area (Å²) in [6.45, 7) is 2.71. The molecule has 0 aromatic carbocycles. The van der Waals surface area contributed by atoms with Gasteiger partial charge in [0.15, 0.2) is 0 Å². The van der Waals surface area contributed by atoms with Gasteiger partial charge in [0.1, 0.15) is 0 Å². The van der Waals surface area contributed by atoms with Gasteiger partial charge in [0.2, 0.25) is 5.91 Å². The molecule has 106 valence electrons. The lowest BCUT2D eigenvalue weighted by atomic mass is 10.0. The second-order valence-electron chi connectivity index (χ2n) is 5.21. The molecule has 2 atom stereocenters. The van der Waals surface area contributed by atoms with Gasteiger partial charge in [-0.3, -0.25) is 10.1 Å². The van der Waals surface area contributed by atoms with Crippen LogP contribution in [-0.4, -0.2) is 28.0 Å². The maximum absolute atomic E-state index is 12.3. The van der Waals surface area contributed by atoms with Gasteiger partial charge >= 0.3 is 0 Å².